The molecule has 6 nitrogen and oxygen atoms in total. The number of nitrogens with zero attached hydrogens (tertiary/aromatic N) is 1. The molecule has 0 aromatic carbocycles. The maximum Gasteiger partial charge on any atom is 0.305 e. The molecule has 1 aliphatic rings. The number of hydrogen-bond donors (Lipinski definition) is 2. The van der Waals surface area contributed by atoms with Crippen molar-refractivity contribution in [3.63, 3.8) is 0 Å². The average Bonchev–Trinajstić information content (AvgIpc) is 2.45. The van der Waals surface area contributed by atoms with Crippen molar-refractivity contribution in [1.82, 2.24) is 4.90 Å². The molecule has 1 aliphatic heterocycles. The van der Waals surface area contributed by atoms with Crippen molar-refractivity contribution >= 4 is 5.97 Å². The Morgan fingerprint density at radius 1 is 1.33 bits per heavy atom. The van der Waals surface area contributed by atoms with Crippen molar-refractivity contribution in [1.29, 1.82) is 0 Å². The Morgan fingerprint density at radius 2 is 2.05 bits per heavy atom. The number of hydrogen-bond acceptors (Lipinski definition) is 5. The summed E-state index contributed by atoms with van der Waals surface area (Å²) in [7, 11) is 0. The first kappa shape index (κ1) is 18.4. The Morgan fingerprint density at radius 3 is 2.67 bits per heavy atom. The van der Waals surface area contributed by atoms with Crippen molar-refractivity contribution in [2.24, 2.45) is 0 Å². The highest BCUT2D eigenvalue weighted by Gasteiger charge is 2.21. The number of aliphatic hydroxyl groups excluding tert-OH is 1. The van der Waals surface area contributed by atoms with Gasteiger partial charge in [-0.05, 0) is 19.3 Å². The lowest BCUT2D eigenvalue weighted by Gasteiger charge is -2.33. The van der Waals surface area contributed by atoms with E-state index in [0.29, 0.717) is 19.8 Å². The predicted octanol–water partition coefficient (Wildman–Crippen LogP) is 1.12. The van der Waals surface area contributed by atoms with Gasteiger partial charge in [-0.15, -0.1) is 0 Å². The van der Waals surface area contributed by atoms with Gasteiger partial charge in [0.2, 0.25) is 0 Å². The van der Waals surface area contributed by atoms with Crippen molar-refractivity contribution in [3.8, 4) is 0 Å². The molecular weight excluding hydrogens is 274 g/mol. The van der Waals surface area contributed by atoms with E-state index < -0.39 is 12.1 Å². The number of rotatable bonds is 11. The van der Waals surface area contributed by atoms with Crippen LogP contribution in [0.1, 0.15) is 39.0 Å². The number of aliphatic carboxylic acids is 1. The van der Waals surface area contributed by atoms with Gasteiger partial charge < -0.3 is 24.6 Å². The molecule has 0 bridgehead atoms. The molecule has 0 saturated carbocycles. The van der Waals surface area contributed by atoms with Crippen LogP contribution >= 0.6 is 0 Å². The van der Waals surface area contributed by atoms with E-state index in [4.69, 9.17) is 14.6 Å². The maximum atomic E-state index is 10.4. The summed E-state index contributed by atoms with van der Waals surface area (Å²) in [4.78, 5) is 12.6. The van der Waals surface area contributed by atoms with Gasteiger partial charge in [0.15, 0.2) is 0 Å². The molecule has 1 fully saturated rings. The molecule has 0 spiro atoms. The molecular formula is C15H29NO5. The van der Waals surface area contributed by atoms with E-state index in [9.17, 15) is 9.90 Å². The zero-order chi connectivity index (χ0) is 15.5. The van der Waals surface area contributed by atoms with E-state index in [1.807, 2.05) is 0 Å². The van der Waals surface area contributed by atoms with Crippen LogP contribution in [0.3, 0.4) is 0 Å². The van der Waals surface area contributed by atoms with Crippen LogP contribution < -0.4 is 0 Å². The second-order valence-electron chi connectivity index (χ2n) is 5.60. The summed E-state index contributed by atoms with van der Waals surface area (Å²) in [5.74, 6) is -0.821. The molecule has 0 aromatic heterocycles. The van der Waals surface area contributed by atoms with E-state index >= 15 is 0 Å². The first-order valence-corrected chi connectivity index (χ1v) is 7.93. The van der Waals surface area contributed by atoms with Gasteiger partial charge in [-0.2, -0.15) is 0 Å². The second kappa shape index (κ2) is 11.0. The minimum Gasteiger partial charge on any atom is -0.481 e. The first-order chi connectivity index (χ1) is 10.1. The largest absolute Gasteiger partial charge is 0.481 e. The zero-order valence-corrected chi connectivity index (χ0v) is 13.0. The summed E-state index contributed by atoms with van der Waals surface area (Å²) < 4.78 is 11.0. The van der Waals surface area contributed by atoms with Crippen LogP contribution in [0.4, 0.5) is 0 Å². The third kappa shape index (κ3) is 9.03. The Balaban J connectivity index is 2.05. The van der Waals surface area contributed by atoms with Crippen LogP contribution in [-0.4, -0.2) is 72.7 Å². The molecule has 124 valence electrons. The van der Waals surface area contributed by atoms with Crippen molar-refractivity contribution < 1.29 is 24.5 Å². The van der Waals surface area contributed by atoms with Gasteiger partial charge in [0.1, 0.15) is 0 Å². The summed E-state index contributed by atoms with van der Waals surface area (Å²) >= 11 is 0. The molecule has 1 atom stereocenters. The number of unbranched alkanes of at least 4 members (excludes halogenated alkanes) is 1. The minimum absolute atomic E-state index is 0.0635. The number of likely N-dealkylation sites (tertiary alicyclic amines) is 1. The summed E-state index contributed by atoms with van der Waals surface area (Å²) in [6.07, 6.45) is 3.70. The van der Waals surface area contributed by atoms with Crippen LogP contribution in [0.15, 0.2) is 0 Å². The standard InChI is InChI=1S/C15H29NO5/c1-2-3-9-20-12-13(17)11-16-7-4-14(5-8-16)21-10-6-15(18)19/h13-14,17H,2-12H2,1H3,(H,18,19). The van der Waals surface area contributed by atoms with Crippen LogP contribution in [0, 0.1) is 0 Å². The fraction of sp³-hybridized carbons (Fsp3) is 0.933. The average molecular weight is 303 g/mol. The lowest BCUT2D eigenvalue weighted by Crippen LogP contribution is -2.42. The highest BCUT2D eigenvalue weighted by atomic mass is 16.5. The van der Waals surface area contributed by atoms with Crippen molar-refractivity contribution in [2.45, 2.75) is 51.2 Å². The summed E-state index contributed by atoms with van der Waals surface area (Å²) in [5.41, 5.74) is 0. The van der Waals surface area contributed by atoms with Gasteiger partial charge >= 0.3 is 5.97 Å². The Bertz CT molecular complexity index is 279. The van der Waals surface area contributed by atoms with Gasteiger partial charge in [0, 0.05) is 26.2 Å². The van der Waals surface area contributed by atoms with Gasteiger partial charge in [-0.1, -0.05) is 13.3 Å². The van der Waals surface area contributed by atoms with Gasteiger partial charge in [0.05, 0.1) is 31.8 Å². The molecule has 6 heteroatoms. The molecule has 0 radical (unpaired) electrons. The highest BCUT2D eigenvalue weighted by Crippen LogP contribution is 2.14. The second-order valence-corrected chi connectivity index (χ2v) is 5.60. The number of carboxylic acid groups (broad SMARTS) is 1. The number of ether oxygens (including phenoxy) is 2. The highest BCUT2D eigenvalue weighted by molar-refractivity contribution is 5.66. The molecule has 21 heavy (non-hydrogen) atoms. The summed E-state index contributed by atoms with van der Waals surface area (Å²) in [5, 5.41) is 18.5. The van der Waals surface area contributed by atoms with Gasteiger partial charge in [0.25, 0.3) is 0 Å². The first-order valence-electron chi connectivity index (χ1n) is 7.93. The van der Waals surface area contributed by atoms with E-state index in [2.05, 4.69) is 11.8 Å². The van der Waals surface area contributed by atoms with Crippen LogP contribution in [0.25, 0.3) is 0 Å². The van der Waals surface area contributed by atoms with Crippen LogP contribution in [-0.2, 0) is 14.3 Å². The zero-order valence-electron chi connectivity index (χ0n) is 13.0. The summed E-state index contributed by atoms with van der Waals surface area (Å²) in [6, 6.07) is 0. The van der Waals surface area contributed by atoms with Crippen LogP contribution in [0.5, 0.6) is 0 Å². The summed E-state index contributed by atoms with van der Waals surface area (Å²) in [6.45, 7) is 5.90. The molecule has 1 rings (SSSR count). The Hall–Kier alpha value is -0.690. The molecule has 0 aromatic rings. The Kier molecular flexibility index (Phi) is 9.58. The topological polar surface area (TPSA) is 79.2 Å². The quantitative estimate of drug-likeness (QED) is 0.557. The monoisotopic (exact) mass is 303 g/mol. The lowest BCUT2D eigenvalue weighted by molar-refractivity contribution is -0.138. The predicted molar refractivity (Wildman–Crippen MR) is 79.4 cm³/mol. The molecule has 0 aliphatic carbocycles. The van der Waals surface area contributed by atoms with E-state index in [-0.39, 0.29) is 19.1 Å². The van der Waals surface area contributed by atoms with E-state index in [0.717, 1.165) is 38.8 Å². The van der Waals surface area contributed by atoms with Gasteiger partial charge in [-0.3, -0.25) is 4.79 Å². The molecule has 1 heterocycles. The smallest absolute Gasteiger partial charge is 0.305 e. The number of piperidine rings is 1. The minimum atomic E-state index is -0.821. The van der Waals surface area contributed by atoms with Crippen molar-refractivity contribution in [3.05, 3.63) is 0 Å². The molecule has 1 saturated heterocycles. The van der Waals surface area contributed by atoms with E-state index in [1.165, 1.54) is 0 Å². The molecule has 1 unspecified atom stereocenters. The third-order valence-corrected chi connectivity index (χ3v) is 3.63. The number of β-amino-alcohol motifs (C(OH)–C–C–N with tert-alkyl or cyclic N) is 1. The molecule has 0 amide bonds. The van der Waals surface area contributed by atoms with Crippen LogP contribution in [0.2, 0.25) is 0 Å². The number of aliphatic hydroxyl groups is 1. The van der Waals surface area contributed by atoms with Crippen molar-refractivity contribution in [2.75, 3.05) is 39.5 Å². The fourth-order valence-electron chi connectivity index (χ4n) is 2.39. The normalized spacial score (nSPS) is 18.8. The molecule has 2 N–H and O–H groups in total. The SMILES string of the molecule is CCCCOCC(O)CN1CCC(OCCC(=O)O)CC1. The maximum absolute atomic E-state index is 10.4. The Labute approximate surface area is 127 Å². The van der Waals surface area contributed by atoms with E-state index in [1.54, 1.807) is 0 Å². The fourth-order valence-corrected chi connectivity index (χ4v) is 2.39. The third-order valence-electron chi connectivity index (χ3n) is 3.63. The number of carboxylic acids is 1. The van der Waals surface area contributed by atoms with Gasteiger partial charge in [-0.25, -0.2) is 0 Å². The lowest BCUT2D eigenvalue weighted by atomic mass is 10.1. The number of carbonyl (C=O) groups is 1.